The van der Waals surface area contributed by atoms with Gasteiger partial charge in [-0.2, -0.15) is 0 Å². The number of piperazine rings is 1. The Hall–Kier alpha value is -2.74. The molecule has 8 nitrogen and oxygen atoms in total. The van der Waals surface area contributed by atoms with Crippen LogP contribution in [-0.2, 0) is 6.54 Å². The van der Waals surface area contributed by atoms with Crippen LogP contribution in [-0.4, -0.2) is 54.4 Å². The maximum absolute atomic E-state index is 6.37. The fourth-order valence-electron chi connectivity index (χ4n) is 3.67. The number of fused-ring (bicyclic) bond motifs is 1. The van der Waals surface area contributed by atoms with Crippen LogP contribution in [0, 0.1) is 5.92 Å². The molecule has 8 heteroatoms. The number of nitrogens with two attached hydrogens (primary N) is 1. The molecule has 0 saturated carbocycles. The molecule has 1 fully saturated rings. The van der Waals surface area contributed by atoms with Crippen molar-refractivity contribution in [1.29, 1.82) is 0 Å². The Kier molecular flexibility index (Phi) is 5.89. The molecular weight excluding hydrogens is 368 g/mol. The van der Waals surface area contributed by atoms with E-state index in [1.807, 2.05) is 6.07 Å². The van der Waals surface area contributed by atoms with Gasteiger partial charge in [-0.25, -0.2) is 9.97 Å². The zero-order valence-corrected chi connectivity index (χ0v) is 17.2. The number of anilines is 3. The van der Waals surface area contributed by atoms with E-state index in [1.165, 1.54) is 5.56 Å². The summed E-state index contributed by atoms with van der Waals surface area (Å²) in [6.07, 6.45) is 2.68. The Morgan fingerprint density at radius 1 is 1.10 bits per heavy atom. The number of hydrogen-bond donors (Lipinski definition) is 2. The van der Waals surface area contributed by atoms with Crippen LogP contribution >= 0.6 is 0 Å². The van der Waals surface area contributed by atoms with E-state index in [0.717, 1.165) is 68.8 Å². The maximum Gasteiger partial charge on any atom is 0.231 e. The van der Waals surface area contributed by atoms with Gasteiger partial charge in [0.05, 0.1) is 0 Å². The van der Waals surface area contributed by atoms with E-state index in [9.17, 15) is 0 Å². The molecule has 0 bridgehead atoms. The Labute approximate surface area is 172 Å². The smallest absolute Gasteiger partial charge is 0.231 e. The summed E-state index contributed by atoms with van der Waals surface area (Å²) in [5, 5.41) is 3.35. The summed E-state index contributed by atoms with van der Waals surface area (Å²) in [6.45, 7) is 10.2. The number of nitrogen functional groups attached to an aromatic ring is 1. The van der Waals surface area contributed by atoms with Crippen LogP contribution in [0.1, 0.15) is 25.8 Å². The van der Waals surface area contributed by atoms with Gasteiger partial charge >= 0.3 is 0 Å². The van der Waals surface area contributed by atoms with Gasteiger partial charge < -0.3 is 25.4 Å². The molecule has 0 amide bonds. The monoisotopic (exact) mass is 398 g/mol. The highest BCUT2D eigenvalue weighted by Gasteiger charge is 2.22. The van der Waals surface area contributed by atoms with Crippen molar-refractivity contribution in [1.82, 2.24) is 14.9 Å². The number of nitrogens with zero attached hydrogens (tertiary/aromatic N) is 4. The molecular formula is C21H30N6O2. The lowest BCUT2D eigenvalue weighted by Gasteiger charge is -2.36. The highest BCUT2D eigenvalue weighted by atomic mass is 16.7. The van der Waals surface area contributed by atoms with Crippen LogP contribution in [0.25, 0.3) is 0 Å². The van der Waals surface area contributed by atoms with Gasteiger partial charge in [-0.15, -0.1) is 0 Å². The molecule has 4 rings (SSSR count). The Balaban J connectivity index is 1.33. The van der Waals surface area contributed by atoms with E-state index in [2.05, 4.69) is 51.1 Å². The zero-order valence-electron chi connectivity index (χ0n) is 17.2. The fourth-order valence-corrected chi connectivity index (χ4v) is 3.67. The molecule has 3 heterocycles. The Morgan fingerprint density at radius 2 is 1.90 bits per heavy atom. The minimum absolute atomic E-state index is 0.312. The second-order valence-corrected chi connectivity index (χ2v) is 8.02. The lowest BCUT2D eigenvalue weighted by Crippen LogP contribution is -2.46. The molecule has 0 unspecified atom stereocenters. The minimum Gasteiger partial charge on any atom is -0.454 e. The van der Waals surface area contributed by atoms with Crippen LogP contribution in [0.15, 0.2) is 24.5 Å². The molecule has 2 aliphatic heterocycles. The van der Waals surface area contributed by atoms with Gasteiger partial charge in [0.25, 0.3) is 0 Å². The zero-order chi connectivity index (χ0) is 20.2. The lowest BCUT2D eigenvalue weighted by atomic mass is 10.1. The van der Waals surface area contributed by atoms with Crippen LogP contribution in [0.3, 0.4) is 0 Å². The van der Waals surface area contributed by atoms with Crippen molar-refractivity contribution in [2.45, 2.75) is 26.8 Å². The van der Waals surface area contributed by atoms with Gasteiger partial charge in [-0.3, -0.25) is 4.90 Å². The predicted molar refractivity (Wildman–Crippen MR) is 114 cm³/mol. The van der Waals surface area contributed by atoms with Crippen molar-refractivity contribution in [3.63, 3.8) is 0 Å². The van der Waals surface area contributed by atoms with Crippen molar-refractivity contribution in [2.75, 3.05) is 55.5 Å². The molecule has 0 aliphatic carbocycles. The molecule has 1 saturated heterocycles. The topological polar surface area (TPSA) is 88.8 Å². The lowest BCUT2D eigenvalue weighted by molar-refractivity contribution is 0.174. The van der Waals surface area contributed by atoms with E-state index in [4.69, 9.17) is 15.2 Å². The summed E-state index contributed by atoms with van der Waals surface area (Å²) >= 11 is 0. The first-order chi connectivity index (χ1) is 14.1. The average molecular weight is 399 g/mol. The first-order valence-corrected chi connectivity index (χ1v) is 10.3. The predicted octanol–water partition coefficient (Wildman–Crippen LogP) is 2.57. The third-order valence-electron chi connectivity index (χ3n) is 5.39. The number of aromatic nitrogens is 2. The number of benzene rings is 1. The third-order valence-corrected chi connectivity index (χ3v) is 5.39. The van der Waals surface area contributed by atoms with Crippen LogP contribution in [0.5, 0.6) is 11.5 Å². The van der Waals surface area contributed by atoms with Gasteiger partial charge in [-0.1, -0.05) is 19.9 Å². The van der Waals surface area contributed by atoms with Crippen LogP contribution < -0.4 is 25.4 Å². The molecule has 1 aromatic heterocycles. The van der Waals surface area contributed by atoms with Crippen molar-refractivity contribution >= 4 is 17.3 Å². The number of ether oxygens (including phenoxy) is 2. The maximum atomic E-state index is 6.37. The summed E-state index contributed by atoms with van der Waals surface area (Å²) in [4.78, 5) is 13.5. The molecule has 0 radical (unpaired) electrons. The molecule has 0 atom stereocenters. The molecule has 3 N–H and O–H groups in total. The average Bonchev–Trinajstić information content (AvgIpc) is 3.18. The Morgan fingerprint density at radius 3 is 2.69 bits per heavy atom. The van der Waals surface area contributed by atoms with E-state index in [0.29, 0.717) is 18.4 Å². The molecule has 2 aliphatic rings. The molecule has 1 aromatic carbocycles. The number of nitrogens with one attached hydrogen (secondary N) is 1. The summed E-state index contributed by atoms with van der Waals surface area (Å²) in [7, 11) is 0. The SMILES string of the molecule is CC(C)CCNc1ncnc(N2CCN(Cc3ccc4c(c3)OCO4)CC2)c1N. The standard InChI is InChI=1S/C21H30N6O2/c1-15(2)5-6-23-20-19(22)21(25-13-24-20)27-9-7-26(8-10-27)12-16-3-4-17-18(11-16)29-14-28-17/h3-4,11,13,15H,5-10,12,14,22H2,1-2H3,(H,23,24,25). The van der Waals surface area contributed by atoms with Crippen molar-refractivity contribution in [3.8, 4) is 11.5 Å². The quantitative estimate of drug-likeness (QED) is 0.736. The van der Waals surface area contributed by atoms with Crippen LogP contribution in [0.2, 0.25) is 0 Å². The molecule has 156 valence electrons. The molecule has 29 heavy (non-hydrogen) atoms. The summed E-state index contributed by atoms with van der Waals surface area (Å²) in [5.41, 5.74) is 8.25. The van der Waals surface area contributed by atoms with E-state index < -0.39 is 0 Å². The van der Waals surface area contributed by atoms with E-state index in [1.54, 1.807) is 6.33 Å². The van der Waals surface area contributed by atoms with Gasteiger partial charge in [0.2, 0.25) is 6.79 Å². The minimum atomic E-state index is 0.312. The summed E-state index contributed by atoms with van der Waals surface area (Å²) in [5.74, 6) is 3.87. The van der Waals surface area contributed by atoms with E-state index >= 15 is 0 Å². The fraction of sp³-hybridized carbons (Fsp3) is 0.524. The van der Waals surface area contributed by atoms with Gasteiger partial charge in [0, 0.05) is 39.3 Å². The van der Waals surface area contributed by atoms with Crippen molar-refractivity contribution in [2.24, 2.45) is 5.92 Å². The van der Waals surface area contributed by atoms with Gasteiger partial charge in [0.15, 0.2) is 23.1 Å². The molecule has 2 aromatic rings. The summed E-state index contributed by atoms with van der Waals surface area (Å²) in [6, 6.07) is 6.17. The summed E-state index contributed by atoms with van der Waals surface area (Å²) < 4.78 is 10.9. The van der Waals surface area contributed by atoms with E-state index in [-0.39, 0.29) is 0 Å². The van der Waals surface area contributed by atoms with Crippen molar-refractivity contribution < 1.29 is 9.47 Å². The molecule has 0 spiro atoms. The van der Waals surface area contributed by atoms with Crippen molar-refractivity contribution in [3.05, 3.63) is 30.1 Å². The van der Waals surface area contributed by atoms with Gasteiger partial charge in [0.1, 0.15) is 12.0 Å². The first-order valence-electron chi connectivity index (χ1n) is 10.3. The highest BCUT2D eigenvalue weighted by Crippen LogP contribution is 2.33. The number of hydrogen-bond acceptors (Lipinski definition) is 8. The van der Waals surface area contributed by atoms with Crippen LogP contribution in [0.4, 0.5) is 17.3 Å². The second-order valence-electron chi connectivity index (χ2n) is 8.02. The normalized spacial score (nSPS) is 16.4. The number of rotatable bonds is 7. The largest absolute Gasteiger partial charge is 0.454 e. The first kappa shape index (κ1) is 19.6. The highest BCUT2D eigenvalue weighted by molar-refractivity contribution is 5.75. The van der Waals surface area contributed by atoms with Gasteiger partial charge in [-0.05, 0) is 30.0 Å². The second kappa shape index (κ2) is 8.73. The third kappa shape index (κ3) is 4.64. The Bertz CT molecular complexity index is 836.